The van der Waals surface area contributed by atoms with Crippen molar-refractivity contribution < 1.29 is 16.5 Å². The van der Waals surface area contributed by atoms with Gasteiger partial charge in [0.25, 0.3) is 0 Å². The van der Waals surface area contributed by atoms with Crippen molar-refractivity contribution in [3.8, 4) is 0 Å². The lowest BCUT2D eigenvalue weighted by Gasteiger charge is -2.46. The summed E-state index contributed by atoms with van der Waals surface area (Å²) in [6.07, 6.45) is 5.18. The van der Waals surface area contributed by atoms with Crippen LogP contribution in [-0.4, -0.2) is 35.0 Å². The van der Waals surface area contributed by atoms with E-state index in [0.29, 0.717) is 0 Å². The van der Waals surface area contributed by atoms with E-state index in [-0.39, 0.29) is 0 Å². The van der Waals surface area contributed by atoms with E-state index in [1.54, 1.807) is 0 Å². The lowest BCUT2D eigenvalue weighted by molar-refractivity contribution is 0.238. The highest BCUT2D eigenvalue weighted by atomic mass is 28.5. The standard InChI is InChI=1S/C13H34O4Si4.C8H8/c1-8-11-18-14-19(4,5)16-20(6,7)17-21(15-18,12-9-2)13-10-3;1-2-8-6-4-3-5-7-8/h18H,8-13H2,1-7H3;2-7H,1H2. The zero-order valence-corrected chi connectivity index (χ0v) is 23.8. The fourth-order valence-corrected chi connectivity index (χ4v) is 23.9. The monoisotopic (exact) mass is 470 g/mol. The summed E-state index contributed by atoms with van der Waals surface area (Å²) in [6.45, 7) is 18.9. The Bertz CT molecular complexity index is 590. The third-order valence-electron chi connectivity index (χ3n) is 4.51. The van der Waals surface area contributed by atoms with E-state index in [0.717, 1.165) is 37.4 Å². The smallest absolute Gasteiger partial charge is 0.320 e. The van der Waals surface area contributed by atoms with E-state index in [1.807, 2.05) is 36.4 Å². The lowest BCUT2D eigenvalue weighted by atomic mass is 10.2. The van der Waals surface area contributed by atoms with Gasteiger partial charge in [-0.3, -0.25) is 0 Å². The van der Waals surface area contributed by atoms with Crippen molar-refractivity contribution in [2.75, 3.05) is 0 Å². The molecule has 0 N–H and O–H groups in total. The van der Waals surface area contributed by atoms with Crippen molar-refractivity contribution in [3.63, 3.8) is 0 Å². The van der Waals surface area contributed by atoms with Crippen LogP contribution in [0, 0.1) is 0 Å². The van der Waals surface area contributed by atoms with Crippen LogP contribution >= 0.6 is 0 Å². The molecule has 0 radical (unpaired) electrons. The summed E-state index contributed by atoms with van der Waals surface area (Å²) >= 11 is 0. The van der Waals surface area contributed by atoms with Crippen LogP contribution < -0.4 is 0 Å². The van der Waals surface area contributed by atoms with Crippen molar-refractivity contribution in [1.29, 1.82) is 0 Å². The molecule has 1 saturated heterocycles. The Morgan fingerprint density at radius 3 is 1.86 bits per heavy atom. The van der Waals surface area contributed by atoms with Gasteiger partial charge in [0, 0.05) is 0 Å². The summed E-state index contributed by atoms with van der Waals surface area (Å²) in [5.41, 5.74) is 1.17. The van der Waals surface area contributed by atoms with Gasteiger partial charge in [-0.1, -0.05) is 83.0 Å². The molecule has 1 fully saturated rings. The molecule has 0 amide bonds. The van der Waals surface area contributed by atoms with Gasteiger partial charge >= 0.3 is 35.0 Å². The third-order valence-corrected chi connectivity index (χ3v) is 21.6. The lowest BCUT2D eigenvalue weighted by Crippen LogP contribution is -2.62. The van der Waals surface area contributed by atoms with Crippen molar-refractivity contribution in [1.82, 2.24) is 0 Å². The number of benzene rings is 1. The second kappa shape index (κ2) is 12.5. The Morgan fingerprint density at radius 1 is 0.828 bits per heavy atom. The van der Waals surface area contributed by atoms with Crippen LogP contribution in [0.3, 0.4) is 0 Å². The average molecular weight is 471 g/mol. The molecular formula is C21H42O4Si4. The Balaban J connectivity index is 0.000000436. The van der Waals surface area contributed by atoms with Crippen LogP contribution in [0.25, 0.3) is 6.08 Å². The van der Waals surface area contributed by atoms with Crippen molar-refractivity contribution in [3.05, 3.63) is 42.5 Å². The van der Waals surface area contributed by atoms with Crippen LogP contribution in [0.1, 0.15) is 45.6 Å². The molecule has 0 bridgehead atoms. The molecule has 1 atom stereocenters. The summed E-state index contributed by atoms with van der Waals surface area (Å²) in [6, 6.07) is 13.2. The van der Waals surface area contributed by atoms with Gasteiger partial charge in [0.05, 0.1) is 0 Å². The normalized spacial score (nSPS) is 22.5. The van der Waals surface area contributed by atoms with Crippen LogP contribution in [0.4, 0.5) is 0 Å². The van der Waals surface area contributed by atoms with Crippen LogP contribution in [0.2, 0.25) is 44.3 Å². The highest BCUT2D eigenvalue weighted by Gasteiger charge is 2.50. The van der Waals surface area contributed by atoms with Crippen molar-refractivity contribution >= 4 is 41.0 Å². The van der Waals surface area contributed by atoms with Gasteiger partial charge in [-0.2, -0.15) is 0 Å². The molecule has 1 aliphatic heterocycles. The van der Waals surface area contributed by atoms with Crippen molar-refractivity contribution in [2.24, 2.45) is 0 Å². The van der Waals surface area contributed by atoms with E-state index in [4.69, 9.17) is 16.5 Å². The highest BCUT2D eigenvalue weighted by molar-refractivity contribution is 6.90. The van der Waals surface area contributed by atoms with Crippen molar-refractivity contribution in [2.45, 2.75) is 84.4 Å². The van der Waals surface area contributed by atoms with Crippen LogP contribution in [0.15, 0.2) is 36.9 Å². The maximum absolute atomic E-state index is 6.69. The van der Waals surface area contributed by atoms with Gasteiger partial charge in [0.2, 0.25) is 0 Å². The first-order chi connectivity index (χ1) is 13.6. The first-order valence-corrected chi connectivity index (χ1v) is 20.7. The molecule has 1 unspecified atom stereocenters. The summed E-state index contributed by atoms with van der Waals surface area (Å²) in [4.78, 5) is 0. The molecule has 1 heterocycles. The molecule has 8 heteroatoms. The minimum absolute atomic E-state index is 1.06. The summed E-state index contributed by atoms with van der Waals surface area (Å²) < 4.78 is 26.2. The summed E-state index contributed by atoms with van der Waals surface area (Å²) in [7, 11) is -8.14. The SMILES string of the molecule is C=Cc1ccccc1.CCC[SiH]1O[Si](C)(C)O[Si](C)(C)O[Si](CCC)(CCC)O1. The first-order valence-electron chi connectivity index (χ1n) is 11.0. The Morgan fingerprint density at radius 2 is 1.41 bits per heavy atom. The maximum atomic E-state index is 6.69. The Hall–Kier alpha value is -0.332. The second-order valence-electron chi connectivity index (χ2n) is 8.48. The molecule has 2 rings (SSSR count). The summed E-state index contributed by atoms with van der Waals surface area (Å²) in [5.74, 6) is 0. The van der Waals surface area contributed by atoms with Crippen LogP contribution in [0.5, 0.6) is 0 Å². The van der Waals surface area contributed by atoms with Gasteiger partial charge in [0.15, 0.2) is 0 Å². The molecule has 0 aliphatic carbocycles. The molecule has 29 heavy (non-hydrogen) atoms. The van der Waals surface area contributed by atoms with Gasteiger partial charge in [-0.05, 0) is 49.9 Å². The van der Waals surface area contributed by atoms with Gasteiger partial charge in [-0.15, -0.1) is 0 Å². The van der Waals surface area contributed by atoms with E-state index in [9.17, 15) is 0 Å². The highest BCUT2D eigenvalue weighted by Crippen LogP contribution is 2.33. The molecule has 0 aromatic heterocycles. The molecule has 1 aliphatic rings. The van der Waals surface area contributed by atoms with E-state index in [1.165, 1.54) is 5.56 Å². The third kappa shape index (κ3) is 10.0. The summed E-state index contributed by atoms with van der Waals surface area (Å²) in [5, 5.41) is 0. The molecule has 0 saturated carbocycles. The predicted molar refractivity (Wildman–Crippen MR) is 134 cm³/mol. The Labute approximate surface area is 184 Å². The van der Waals surface area contributed by atoms with E-state index >= 15 is 0 Å². The zero-order chi connectivity index (χ0) is 22.0. The maximum Gasteiger partial charge on any atom is 0.320 e. The molecule has 4 nitrogen and oxygen atoms in total. The topological polar surface area (TPSA) is 36.9 Å². The average Bonchev–Trinajstić information content (AvgIpc) is 2.60. The number of hydrogen-bond acceptors (Lipinski definition) is 4. The second-order valence-corrected chi connectivity index (χ2v) is 21.9. The molecular weight excluding hydrogens is 429 g/mol. The minimum Gasteiger partial charge on any atom is -0.418 e. The Kier molecular flexibility index (Phi) is 11.5. The molecule has 166 valence electrons. The molecule has 0 spiro atoms. The fourth-order valence-electron chi connectivity index (χ4n) is 3.74. The number of rotatable bonds is 7. The predicted octanol–water partition coefficient (Wildman–Crippen LogP) is 6.69. The zero-order valence-electron chi connectivity index (χ0n) is 19.6. The minimum atomic E-state index is -2.18. The van der Waals surface area contributed by atoms with Gasteiger partial charge in [0.1, 0.15) is 0 Å². The quantitative estimate of drug-likeness (QED) is 0.416. The van der Waals surface area contributed by atoms with Gasteiger partial charge in [-0.25, -0.2) is 0 Å². The van der Waals surface area contributed by atoms with Gasteiger partial charge < -0.3 is 16.5 Å². The molecule has 1 aromatic rings. The fraction of sp³-hybridized carbons (Fsp3) is 0.619. The van der Waals surface area contributed by atoms with Crippen LogP contribution in [-0.2, 0) is 16.5 Å². The van der Waals surface area contributed by atoms with E-state index in [2.05, 4.69) is 53.5 Å². The molecule has 1 aromatic carbocycles. The largest absolute Gasteiger partial charge is 0.418 e. The van der Waals surface area contributed by atoms with E-state index < -0.39 is 35.0 Å². The first kappa shape index (κ1) is 26.7. The number of hydrogen-bond donors (Lipinski definition) is 0.